The highest BCUT2D eigenvalue weighted by molar-refractivity contribution is 7.89. The predicted octanol–water partition coefficient (Wildman–Crippen LogP) is 1.21. The van der Waals surface area contributed by atoms with Crippen LogP contribution >= 0.6 is 0 Å². The van der Waals surface area contributed by atoms with E-state index in [0.29, 0.717) is 30.6 Å². The highest BCUT2D eigenvalue weighted by Crippen LogP contribution is 2.21. The van der Waals surface area contributed by atoms with E-state index >= 15 is 0 Å². The van der Waals surface area contributed by atoms with E-state index in [1.165, 1.54) is 0 Å². The lowest BCUT2D eigenvalue weighted by molar-refractivity contribution is 0.184. The van der Waals surface area contributed by atoms with Crippen molar-refractivity contribution in [3.8, 4) is 0 Å². The Labute approximate surface area is 121 Å². The van der Waals surface area contributed by atoms with Crippen LogP contribution in [0.1, 0.15) is 18.4 Å². The topological polar surface area (TPSA) is 58.6 Å². The van der Waals surface area contributed by atoms with Gasteiger partial charge in [0.2, 0.25) is 10.0 Å². The molecule has 0 aliphatic carbocycles. The number of benzene rings is 1. The van der Waals surface area contributed by atoms with Crippen molar-refractivity contribution in [2.24, 2.45) is 0 Å². The first-order valence-corrected chi connectivity index (χ1v) is 8.27. The molecule has 1 heterocycles. The number of ether oxygens (including phenoxy) is 1. The Morgan fingerprint density at radius 3 is 2.65 bits per heavy atom. The van der Waals surface area contributed by atoms with E-state index in [9.17, 15) is 8.42 Å². The van der Waals surface area contributed by atoms with Crippen molar-refractivity contribution in [1.29, 1.82) is 0 Å². The van der Waals surface area contributed by atoms with Crippen LogP contribution in [0, 0.1) is 0 Å². The Morgan fingerprint density at radius 1 is 1.35 bits per heavy atom. The Kier molecular flexibility index (Phi) is 5.15. The Hall–Kier alpha value is -0.950. The normalized spacial score (nSPS) is 18.3. The average molecular weight is 298 g/mol. The zero-order valence-corrected chi connectivity index (χ0v) is 12.8. The first kappa shape index (κ1) is 15.4. The molecule has 1 aliphatic heterocycles. The summed E-state index contributed by atoms with van der Waals surface area (Å²) in [5.74, 6) is 0. The van der Waals surface area contributed by atoms with Crippen LogP contribution in [0.3, 0.4) is 0 Å². The van der Waals surface area contributed by atoms with Gasteiger partial charge in [-0.25, -0.2) is 8.42 Å². The maximum Gasteiger partial charge on any atom is 0.243 e. The average Bonchev–Trinajstić information content (AvgIpc) is 2.48. The van der Waals surface area contributed by atoms with Crippen LogP contribution < -0.4 is 5.32 Å². The first-order chi connectivity index (χ1) is 9.57. The molecule has 1 aromatic rings. The molecule has 0 unspecified atom stereocenters. The van der Waals surface area contributed by atoms with Gasteiger partial charge in [-0.05, 0) is 37.6 Å². The van der Waals surface area contributed by atoms with Gasteiger partial charge in [-0.15, -0.1) is 0 Å². The van der Waals surface area contributed by atoms with Crippen molar-refractivity contribution in [3.05, 3.63) is 29.8 Å². The van der Waals surface area contributed by atoms with E-state index in [1.54, 1.807) is 29.6 Å². The molecule has 0 spiro atoms. The number of nitrogens with one attached hydrogen (secondary N) is 1. The summed E-state index contributed by atoms with van der Waals surface area (Å²) in [6, 6.07) is 7.40. The smallest absolute Gasteiger partial charge is 0.243 e. The molecule has 2 rings (SSSR count). The van der Waals surface area contributed by atoms with Crippen molar-refractivity contribution in [2.75, 3.05) is 27.2 Å². The van der Waals surface area contributed by atoms with E-state index in [2.05, 4.69) is 5.32 Å². The Bertz CT molecular complexity index is 537. The third-order valence-electron chi connectivity index (χ3n) is 3.71. The van der Waals surface area contributed by atoms with Gasteiger partial charge in [0, 0.05) is 26.2 Å². The molecule has 0 saturated carbocycles. The lowest BCUT2D eigenvalue weighted by atomic mass is 10.1. The summed E-state index contributed by atoms with van der Waals surface area (Å²) < 4.78 is 31.8. The monoisotopic (exact) mass is 298 g/mol. The molecule has 6 heteroatoms. The van der Waals surface area contributed by atoms with Crippen LogP contribution in [-0.4, -0.2) is 46.0 Å². The minimum atomic E-state index is -3.38. The molecule has 1 aromatic carbocycles. The van der Waals surface area contributed by atoms with Crippen LogP contribution in [0.5, 0.6) is 0 Å². The fraction of sp³-hybridized carbons (Fsp3) is 0.571. The molecule has 0 atom stereocenters. The molecule has 0 aromatic heterocycles. The summed E-state index contributed by atoms with van der Waals surface area (Å²) in [5, 5.41) is 3.20. The number of hydrogen-bond acceptors (Lipinski definition) is 4. The quantitative estimate of drug-likeness (QED) is 0.887. The number of piperidine rings is 1. The van der Waals surface area contributed by atoms with Gasteiger partial charge in [0.25, 0.3) is 0 Å². The highest BCUT2D eigenvalue weighted by atomic mass is 32.2. The van der Waals surface area contributed by atoms with Gasteiger partial charge in [-0.2, -0.15) is 4.31 Å². The molecule has 0 radical (unpaired) electrons. The molecule has 1 aliphatic rings. The van der Waals surface area contributed by atoms with Gasteiger partial charge in [0.15, 0.2) is 0 Å². The number of nitrogens with zero attached hydrogens (tertiary/aromatic N) is 1. The van der Waals surface area contributed by atoms with Crippen molar-refractivity contribution in [3.63, 3.8) is 0 Å². The van der Waals surface area contributed by atoms with Gasteiger partial charge < -0.3 is 10.1 Å². The molecule has 1 fully saturated rings. The summed E-state index contributed by atoms with van der Waals surface area (Å²) in [6.45, 7) is 1.57. The second-order valence-electron chi connectivity index (χ2n) is 5.05. The van der Waals surface area contributed by atoms with E-state index in [0.717, 1.165) is 18.4 Å². The van der Waals surface area contributed by atoms with E-state index < -0.39 is 10.0 Å². The summed E-state index contributed by atoms with van der Waals surface area (Å²) in [6.07, 6.45) is 1.71. The Balaban J connectivity index is 2.16. The standard InChI is InChI=1S/C14H22N2O3S/c1-15-13-6-8-16(9-7-13)20(17,18)14-5-3-4-12(10-14)11-19-2/h3-5,10,13,15H,6-9,11H2,1-2H3. The first-order valence-electron chi connectivity index (χ1n) is 6.83. The summed E-state index contributed by atoms with van der Waals surface area (Å²) in [5.41, 5.74) is 0.874. The third-order valence-corrected chi connectivity index (χ3v) is 5.60. The van der Waals surface area contributed by atoms with E-state index in [4.69, 9.17) is 4.74 Å². The van der Waals surface area contributed by atoms with Crippen LogP contribution in [0.25, 0.3) is 0 Å². The number of rotatable bonds is 5. The highest BCUT2D eigenvalue weighted by Gasteiger charge is 2.28. The zero-order chi connectivity index (χ0) is 14.6. The number of hydrogen-bond donors (Lipinski definition) is 1. The van der Waals surface area contributed by atoms with Gasteiger partial charge in [0.05, 0.1) is 11.5 Å². The van der Waals surface area contributed by atoms with E-state index in [-0.39, 0.29) is 0 Å². The summed E-state index contributed by atoms with van der Waals surface area (Å²) in [4.78, 5) is 0.356. The zero-order valence-electron chi connectivity index (χ0n) is 12.0. The molecule has 1 N–H and O–H groups in total. The molecule has 112 valence electrons. The maximum absolute atomic E-state index is 12.6. The molecule has 5 nitrogen and oxygen atoms in total. The summed E-state index contributed by atoms with van der Waals surface area (Å²) >= 11 is 0. The molecular formula is C14H22N2O3S. The van der Waals surface area contributed by atoms with Crippen molar-refractivity contribution in [2.45, 2.75) is 30.4 Å². The van der Waals surface area contributed by atoms with Crippen LogP contribution in [0.2, 0.25) is 0 Å². The lowest BCUT2D eigenvalue weighted by Crippen LogP contribution is -2.43. The van der Waals surface area contributed by atoms with Gasteiger partial charge in [-0.1, -0.05) is 12.1 Å². The molecular weight excluding hydrogens is 276 g/mol. The second kappa shape index (κ2) is 6.67. The largest absolute Gasteiger partial charge is 0.380 e. The van der Waals surface area contributed by atoms with Crippen molar-refractivity contribution in [1.82, 2.24) is 9.62 Å². The number of methoxy groups -OCH3 is 1. The minimum absolute atomic E-state index is 0.356. The molecule has 0 bridgehead atoms. The molecule has 20 heavy (non-hydrogen) atoms. The maximum atomic E-state index is 12.6. The molecule has 1 saturated heterocycles. The fourth-order valence-corrected chi connectivity index (χ4v) is 4.04. The second-order valence-corrected chi connectivity index (χ2v) is 6.99. The van der Waals surface area contributed by atoms with Crippen molar-refractivity contribution < 1.29 is 13.2 Å². The third kappa shape index (κ3) is 3.38. The van der Waals surface area contributed by atoms with Crippen molar-refractivity contribution >= 4 is 10.0 Å². The minimum Gasteiger partial charge on any atom is -0.380 e. The van der Waals surface area contributed by atoms with Gasteiger partial charge in [-0.3, -0.25) is 0 Å². The van der Waals surface area contributed by atoms with Crippen LogP contribution in [0.4, 0.5) is 0 Å². The number of sulfonamides is 1. The summed E-state index contributed by atoms with van der Waals surface area (Å²) in [7, 11) is 0.136. The lowest BCUT2D eigenvalue weighted by Gasteiger charge is -2.31. The molecule has 0 amide bonds. The van der Waals surface area contributed by atoms with Crippen LogP contribution in [-0.2, 0) is 21.4 Å². The van der Waals surface area contributed by atoms with Gasteiger partial charge >= 0.3 is 0 Å². The fourth-order valence-electron chi connectivity index (χ4n) is 2.50. The SMILES string of the molecule is CNC1CCN(S(=O)(=O)c2cccc(COC)c2)CC1. The Morgan fingerprint density at radius 2 is 2.05 bits per heavy atom. The van der Waals surface area contributed by atoms with Gasteiger partial charge in [0.1, 0.15) is 0 Å². The van der Waals surface area contributed by atoms with E-state index in [1.807, 2.05) is 13.1 Å². The van der Waals surface area contributed by atoms with Crippen LogP contribution in [0.15, 0.2) is 29.2 Å². The predicted molar refractivity (Wildman–Crippen MR) is 78.0 cm³/mol.